The zero-order valence-corrected chi connectivity index (χ0v) is 15.9. The molecule has 3 N–H and O–H groups in total. The summed E-state index contributed by atoms with van der Waals surface area (Å²) in [6.45, 7) is 1.60. The van der Waals surface area contributed by atoms with Crippen molar-refractivity contribution >= 4 is 29.3 Å². The molecular formula is C20H23N5O3. The van der Waals surface area contributed by atoms with Gasteiger partial charge in [-0.3, -0.25) is 9.69 Å². The maximum atomic E-state index is 12.5. The van der Waals surface area contributed by atoms with Crippen LogP contribution in [0.5, 0.6) is 0 Å². The maximum absolute atomic E-state index is 12.5. The number of rotatable bonds is 5. The topological polar surface area (TPSA) is 93.8 Å². The van der Waals surface area contributed by atoms with Gasteiger partial charge in [0.25, 0.3) is 5.91 Å². The molecule has 1 heterocycles. The molecule has 146 valence electrons. The molecule has 5 amide bonds. The second-order valence-corrected chi connectivity index (χ2v) is 6.50. The van der Waals surface area contributed by atoms with Gasteiger partial charge in [0.1, 0.15) is 0 Å². The van der Waals surface area contributed by atoms with E-state index in [-0.39, 0.29) is 18.0 Å². The zero-order valence-electron chi connectivity index (χ0n) is 15.9. The summed E-state index contributed by atoms with van der Waals surface area (Å²) in [7, 11) is 3.28. The van der Waals surface area contributed by atoms with Crippen LogP contribution in [-0.4, -0.2) is 50.1 Å². The number of nitrogens with one attached hydrogen (secondary N) is 3. The number of anilines is 2. The van der Waals surface area contributed by atoms with Gasteiger partial charge in [0.15, 0.2) is 0 Å². The predicted molar refractivity (Wildman–Crippen MR) is 108 cm³/mol. The van der Waals surface area contributed by atoms with E-state index in [4.69, 9.17) is 0 Å². The van der Waals surface area contributed by atoms with Crippen molar-refractivity contribution < 1.29 is 14.4 Å². The highest BCUT2D eigenvalue weighted by Crippen LogP contribution is 2.21. The Morgan fingerprint density at radius 2 is 1.93 bits per heavy atom. The van der Waals surface area contributed by atoms with Crippen molar-refractivity contribution in [2.75, 3.05) is 37.4 Å². The third kappa shape index (κ3) is 4.40. The first-order valence-electron chi connectivity index (χ1n) is 8.96. The Bertz CT molecular complexity index is 882. The van der Waals surface area contributed by atoms with Crippen LogP contribution >= 0.6 is 0 Å². The van der Waals surface area contributed by atoms with Gasteiger partial charge in [-0.2, -0.15) is 0 Å². The Hall–Kier alpha value is -3.55. The summed E-state index contributed by atoms with van der Waals surface area (Å²) in [4.78, 5) is 39.1. The quantitative estimate of drug-likeness (QED) is 0.741. The van der Waals surface area contributed by atoms with Gasteiger partial charge in [0.05, 0.1) is 0 Å². The van der Waals surface area contributed by atoms with E-state index >= 15 is 0 Å². The average molecular weight is 381 g/mol. The minimum Gasteiger partial charge on any atom is -0.355 e. The lowest BCUT2D eigenvalue weighted by molar-refractivity contribution is 0.0963. The molecule has 0 aliphatic carbocycles. The molecule has 1 saturated heterocycles. The Labute approximate surface area is 163 Å². The van der Waals surface area contributed by atoms with E-state index in [1.54, 1.807) is 54.2 Å². The molecule has 8 nitrogen and oxygen atoms in total. The van der Waals surface area contributed by atoms with Gasteiger partial charge < -0.3 is 20.9 Å². The highest BCUT2D eigenvalue weighted by molar-refractivity contribution is 5.96. The first-order chi connectivity index (χ1) is 13.5. The minimum atomic E-state index is -0.265. The van der Waals surface area contributed by atoms with Crippen molar-refractivity contribution in [2.24, 2.45) is 0 Å². The molecule has 28 heavy (non-hydrogen) atoms. The monoisotopic (exact) mass is 381 g/mol. The van der Waals surface area contributed by atoms with Gasteiger partial charge in [-0.15, -0.1) is 0 Å². The molecule has 0 spiro atoms. The third-order valence-corrected chi connectivity index (χ3v) is 4.48. The second kappa shape index (κ2) is 8.43. The zero-order chi connectivity index (χ0) is 20.1. The summed E-state index contributed by atoms with van der Waals surface area (Å²) in [6.07, 6.45) is 0. The molecule has 0 saturated carbocycles. The standard InChI is InChI=1S/C20H23N5O3/c1-21-18(26)15-8-6-14(7-9-15)13-24(2)20(28)23-16-4-3-5-17(12-16)25-11-10-22-19(25)27/h3-9,12H,10-11,13H2,1-2H3,(H,21,26)(H,22,27)(H,23,28). The molecule has 1 fully saturated rings. The fraction of sp³-hybridized carbons (Fsp3) is 0.250. The summed E-state index contributed by atoms with van der Waals surface area (Å²) in [5, 5.41) is 8.17. The highest BCUT2D eigenvalue weighted by Gasteiger charge is 2.21. The van der Waals surface area contributed by atoms with Gasteiger partial charge >= 0.3 is 12.1 Å². The summed E-state index contributed by atoms with van der Waals surface area (Å²) < 4.78 is 0. The molecule has 2 aromatic carbocycles. The van der Waals surface area contributed by atoms with Crippen LogP contribution in [0.25, 0.3) is 0 Å². The number of amides is 5. The highest BCUT2D eigenvalue weighted by atomic mass is 16.2. The molecule has 0 aromatic heterocycles. The number of benzene rings is 2. The Morgan fingerprint density at radius 3 is 2.57 bits per heavy atom. The first kappa shape index (κ1) is 19.2. The molecule has 0 radical (unpaired) electrons. The summed E-state index contributed by atoms with van der Waals surface area (Å²) in [5.74, 6) is -0.149. The van der Waals surface area contributed by atoms with Crippen molar-refractivity contribution in [1.29, 1.82) is 0 Å². The average Bonchev–Trinajstić information content (AvgIpc) is 3.14. The summed E-state index contributed by atoms with van der Waals surface area (Å²) in [5.41, 5.74) is 2.83. The van der Waals surface area contributed by atoms with Crippen molar-refractivity contribution in [3.8, 4) is 0 Å². The molecule has 0 atom stereocenters. The van der Waals surface area contributed by atoms with E-state index in [0.717, 1.165) is 11.3 Å². The van der Waals surface area contributed by atoms with Gasteiger partial charge in [-0.1, -0.05) is 18.2 Å². The van der Waals surface area contributed by atoms with E-state index in [1.807, 2.05) is 18.2 Å². The van der Waals surface area contributed by atoms with Crippen LogP contribution in [0.4, 0.5) is 21.0 Å². The number of hydrogen-bond acceptors (Lipinski definition) is 3. The van der Waals surface area contributed by atoms with Crippen molar-refractivity contribution in [3.63, 3.8) is 0 Å². The van der Waals surface area contributed by atoms with Crippen LogP contribution in [-0.2, 0) is 6.54 Å². The lowest BCUT2D eigenvalue weighted by atomic mass is 10.1. The molecule has 2 aromatic rings. The fourth-order valence-electron chi connectivity index (χ4n) is 2.94. The van der Waals surface area contributed by atoms with E-state index < -0.39 is 0 Å². The van der Waals surface area contributed by atoms with E-state index in [9.17, 15) is 14.4 Å². The molecule has 8 heteroatoms. The normalized spacial score (nSPS) is 13.1. The van der Waals surface area contributed by atoms with Gasteiger partial charge in [-0.25, -0.2) is 9.59 Å². The van der Waals surface area contributed by atoms with Crippen molar-refractivity contribution in [3.05, 3.63) is 59.7 Å². The van der Waals surface area contributed by atoms with Crippen LogP contribution in [0.15, 0.2) is 48.5 Å². The van der Waals surface area contributed by atoms with Crippen LogP contribution in [0.2, 0.25) is 0 Å². The number of carbonyl (C=O) groups excluding carboxylic acids is 3. The van der Waals surface area contributed by atoms with Crippen LogP contribution in [0.1, 0.15) is 15.9 Å². The molecule has 1 aliphatic heterocycles. The molecule has 0 bridgehead atoms. The minimum absolute atomic E-state index is 0.138. The van der Waals surface area contributed by atoms with Crippen molar-refractivity contribution in [2.45, 2.75) is 6.54 Å². The Kier molecular flexibility index (Phi) is 5.78. The van der Waals surface area contributed by atoms with Gasteiger partial charge in [-0.05, 0) is 35.9 Å². The maximum Gasteiger partial charge on any atom is 0.321 e. The number of hydrogen-bond donors (Lipinski definition) is 3. The van der Waals surface area contributed by atoms with Gasteiger partial charge in [0, 0.05) is 50.7 Å². The van der Waals surface area contributed by atoms with E-state index in [2.05, 4.69) is 16.0 Å². The molecule has 3 rings (SSSR count). The molecular weight excluding hydrogens is 358 g/mol. The lowest BCUT2D eigenvalue weighted by Gasteiger charge is -2.19. The lowest BCUT2D eigenvalue weighted by Crippen LogP contribution is -2.31. The van der Waals surface area contributed by atoms with Crippen LogP contribution in [0, 0.1) is 0 Å². The summed E-state index contributed by atoms with van der Waals surface area (Å²) in [6, 6.07) is 13.9. The van der Waals surface area contributed by atoms with E-state index in [1.165, 1.54) is 0 Å². The number of nitrogens with zero attached hydrogens (tertiary/aromatic N) is 2. The van der Waals surface area contributed by atoms with Crippen molar-refractivity contribution in [1.82, 2.24) is 15.5 Å². The molecule has 0 unspecified atom stereocenters. The van der Waals surface area contributed by atoms with Gasteiger partial charge in [0.2, 0.25) is 0 Å². The first-order valence-corrected chi connectivity index (χ1v) is 8.96. The second-order valence-electron chi connectivity index (χ2n) is 6.50. The predicted octanol–water partition coefficient (Wildman–Crippen LogP) is 2.24. The van der Waals surface area contributed by atoms with Crippen LogP contribution in [0.3, 0.4) is 0 Å². The summed E-state index contributed by atoms with van der Waals surface area (Å²) >= 11 is 0. The smallest absolute Gasteiger partial charge is 0.321 e. The number of carbonyl (C=O) groups is 3. The molecule has 1 aliphatic rings. The third-order valence-electron chi connectivity index (χ3n) is 4.48. The SMILES string of the molecule is CNC(=O)c1ccc(CN(C)C(=O)Nc2cccc(N3CCNC3=O)c2)cc1. The fourth-order valence-corrected chi connectivity index (χ4v) is 2.94. The number of urea groups is 2. The van der Waals surface area contributed by atoms with E-state index in [0.29, 0.717) is 30.9 Å². The largest absolute Gasteiger partial charge is 0.355 e. The van der Waals surface area contributed by atoms with Crippen LogP contribution < -0.4 is 20.9 Å². The Morgan fingerprint density at radius 1 is 1.18 bits per heavy atom. The Balaban J connectivity index is 1.61.